The van der Waals surface area contributed by atoms with Crippen LogP contribution in [0.4, 0.5) is 5.82 Å². The number of aryl methyl sites for hydroxylation is 3. The lowest BCUT2D eigenvalue weighted by molar-refractivity contribution is 0.0952. The van der Waals surface area contributed by atoms with Crippen molar-refractivity contribution in [3.8, 4) is 11.1 Å². The predicted octanol–water partition coefficient (Wildman–Crippen LogP) is 5.40. The zero-order valence-corrected chi connectivity index (χ0v) is 26.6. The minimum atomic E-state index is -0.228. The van der Waals surface area contributed by atoms with E-state index in [9.17, 15) is 9.59 Å². The average molecular weight is 584 g/mol. The minimum Gasteiger partial charge on any atom is -0.354 e. The summed E-state index contributed by atoms with van der Waals surface area (Å²) < 4.78 is 1.98. The molecular formula is C34H45N7O2. The van der Waals surface area contributed by atoms with Crippen LogP contribution in [0.3, 0.4) is 0 Å². The Morgan fingerprint density at radius 1 is 1.00 bits per heavy atom. The second-order valence-electron chi connectivity index (χ2n) is 12.3. The molecule has 0 bridgehead atoms. The van der Waals surface area contributed by atoms with E-state index in [1.54, 1.807) is 0 Å². The minimum absolute atomic E-state index is 0.120. The zero-order valence-electron chi connectivity index (χ0n) is 26.6. The van der Waals surface area contributed by atoms with Gasteiger partial charge in [-0.1, -0.05) is 13.3 Å². The van der Waals surface area contributed by atoms with Crippen molar-refractivity contribution in [1.82, 2.24) is 30.0 Å². The lowest BCUT2D eigenvalue weighted by atomic mass is 9.99. The third kappa shape index (κ3) is 6.37. The van der Waals surface area contributed by atoms with Gasteiger partial charge in [0.2, 0.25) is 0 Å². The maximum atomic E-state index is 13.8. The van der Waals surface area contributed by atoms with Crippen LogP contribution < -0.4 is 15.8 Å². The van der Waals surface area contributed by atoms with E-state index >= 15 is 0 Å². The summed E-state index contributed by atoms with van der Waals surface area (Å²) in [5, 5.41) is 8.68. The molecule has 0 spiro atoms. The smallest absolute Gasteiger partial charge is 0.253 e. The van der Waals surface area contributed by atoms with Crippen molar-refractivity contribution in [1.29, 1.82) is 0 Å². The number of carbonyl (C=O) groups is 1. The summed E-state index contributed by atoms with van der Waals surface area (Å²) in [6.45, 7) is 18.7. The van der Waals surface area contributed by atoms with E-state index in [2.05, 4.69) is 72.9 Å². The highest BCUT2D eigenvalue weighted by molar-refractivity contribution is 6.09. The molecule has 4 heterocycles. The summed E-state index contributed by atoms with van der Waals surface area (Å²) in [4.78, 5) is 39.2. The number of aromatic amines is 1. The fraction of sp³-hybridized carbons (Fsp3) is 0.471. The second kappa shape index (κ2) is 12.7. The van der Waals surface area contributed by atoms with Crippen molar-refractivity contribution in [3.05, 3.63) is 75.0 Å². The van der Waals surface area contributed by atoms with Crippen molar-refractivity contribution < 1.29 is 4.79 Å². The molecule has 43 heavy (non-hydrogen) atoms. The Morgan fingerprint density at radius 2 is 1.74 bits per heavy atom. The van der Waals surface area contributed by atoms with Crippen LogP contribution in [0.15, 0.2) is 41.3 Å². The first-order valence-corrected chi connectivity index (χ1v) is 15.6. The zero-order chi connectivity index (χ0) is 30.8. The fourth-order valence-corrected chi connectivity index (χ4v) is 6.14. The molecular weight excluding hydrogens is 538 g/mol. The molecule has 1 aliphatic rings. The Hall–Kier alpha value is -3.98. The fourth-order valence-electron chi connectivity index (χ4n) is 6.14. The number of benzene rings is 1. The molecule has 0 radical (unpaired) electrons. The molecule has 1 saturated heterocycles. The van der Waals surface area contributed by atoms with Gasteiger partial charge >= 0.3 is 0 Å². The lowest BCUT2D eigenvalue weighted by Gasteiger charge is -2.37. The van der Waals surface area contributed by atoms with Crippen molar-refractivity contribution in [2.45, 2.75) is 79.9 Å². The Balaban J connectivity index is 1.47. The largest absolute Gasteiger partial charge is 0.354 e. The maximum Gasteiger partial charge on any atom is 0.253 e. The van der Waals surface area contributed by atoms with E-state index in [0.717, 1.165) is 83.8 Å². The molecule has 0 saturated carbocycles. The molecule has 0 aliphatic carbocycles. The number of hydrogen-bond acceptors (Lipinski definition) is 6. The standard InChI is InChI=1S/C34H45N7O2/c1-8-9-25-16-23(6)37-34(43)29(25)20-36-33(42)28-17-27(18-30-32(28)24(7)38-41(30)22(4)5)26-10-11-31(35-19-26)40-14-12-39(13-15-40)21(2)3/h10-11,16-19,21-22H,8-9,12-15,20H2,1-7H3,(H,36,42)(H,37,43). The molecule has 9 heteroatoms. The number of nitrogens with zero attached hydrogens (tertiary/aromatic N) is 5. The Morgan fingerprint density at radius 3 is 2.37 bits per heavy atom. The summed E-state index contributed by atoms with van der Waals surface area (Å²) in [5.74, 6) is 0.744. The molecule has 5 rings (SSSR count). The second-order valence-corrected chi connectivity index (χ2v) is 12.3. The van der Waals surface area contributed by atoms with Gasteiger partial charge in [0.05, 0.1) is 16.8 Å². The van der Waals surface area contributed by atoms with Crippen LogP contribution in [0.2, 0.25) is 0 Å². The van der Waals surface area contributed by atoms with Gasteiger partial charge in [-0.2, -0.15) is 5.10 Å². The van der Waals surface area contributed by atoms with Crippen LogP contribution in [0.1, 0.15) is 80.0 Å². The van der Waals surface area contributed by atoms with Crippen LogP contribution in [0.5, 0.6) is 0 Å². The van der Waals surface area contributed by atoms with Gasteiger partial charge in [-0.25, -0.2) is 4.98 Å². The molecule has 0 unspecified atom stereocenters. The molecule has 3 aromatic heterocycles. The number of amides is 1. The number of aromatic nitrogens is 4. The van der Waals surface area contributed by atoms with E-state index < -0.39 is 0 Å². The number of nitrogens with one attached hydrogen (secondary N) is 2. The van der Waals surface area contributed by atoms with E-state index in [1.165, 1.54) is 0 Å². The summed E-state index contributed by atoms with van der Waals surface area (Å²) in [6.07, 6.45) is 3.60. The van der Waals surface area contributed by atoms with Gasteiger partial charge in [0.25, 0.3) is 11.5 Å². The highest BCUT2D eigenvalue weighted by Gasteiger charge is 2.22. The molecule has 9 nitrogen and oxygen atoms in total. The van der Waals surface area contributed by atoms with E-state index in [4.69, 9.17) is 10.1 Å². The van der Waals surface area contributed by atoms with Crippen molar-refractivity contribution >= 4 is 22.6 Å². The van der Waals surface area contributed by atoms with Gasteiger partial charge < -0.3 is 15.2 Å². The third-order valence-electron chi connectivity index (χ3n) is 8.48. The van der Waals surface area contributed by atoms with Gasteiger partial charge in [-0.3, -0.25) is 19.2 Å². The van der Waals surface area contributed by atoms with Gasteiger partial charge in [-0.05, 0) is 89.4 Å². The predicted molar refractivity (Wildman–Crippen MR) is 174 cm³/mol. The highest BCUT2D eigenvalue weighted by atomic mass is 16.1. The Bertz CT molecular complexity index is 1660. The quantitative estimate of drug-likeness (QED) is 0.274. The van der Waals surface area contributed by atoms with Gasteiger partial charge in [0.1, 0.15) is 5.82 Å². The molecule has 4 aromatic rings. The Kier molecular flexibility index (Phi) is 9.01. The van der Waals surface area contributed by atoms with Crippen LogP contribution in [-0.4, -0.2) is 62.8 Å². The molecule has 228 valence electrons. The van der Waals surface area contributed by atoms with Gasteiger partial charge in [0.15, 0.2) is 0 Å². The summed E-state index contributed by atoms with van der Waals surface area (Å²) in [7, 11) is 0. The highest BCUT2D eigenvalue weighted by Crippen LogP contribution is 2.32. The summed E-state index contributed by atoms with van der Waals surface area (Å²) in [5.41, 5.74) is 6.36. The topological polar surface area (TPSA) is 99.2 Å². The molecule has 1 fully saturated rings. The van der Waals surface area contributed by atoms with Gasteiger partial charge in [0, 0.05) is 73.2 Å². The van der Waals surface area contributed by atoms with Crippen LogP contribution >= 0.6 is 0 Å². The van der Waals surface area contributed by atoms with Gasteiger partial charge in [-0.15, -0.1) is 0 Å². The molecule has 1 amide bonds. The molecule has 0 atom stereocenters. The van der Waals surface area contributed by atoms with Crippen molar-refractivity contribution in [3.63, 3.8) is 0 Å². The monoisotopic (exact) mass is 583 g/mol. The van der Waals surface area contributed by atoms with E-state index in [-0.39, 0.29) is 24.1 Å². The van der Waals surface area contributed by atoms with Crippen LogP contribution in [-0.2, 0) is 13.0 Å². The van der Waals surface area contributed by atoms with Crippen molar-refractivity contribution in [2.24, 2.45) is 0 Å². The first-order chi connectivity index (χ1) is 20.6. The summed E-state index contributed by atoms with van der Waals surface area (Å²) in [6, 6.07) is 10.9. The number of H-pyrrole nitrogens is 1. The number of piperazine rings is 1. The number of anilines is 1. The average Bonchev–Trinajstić information content (AvgIpc) is 3.33. The number of rotatable bonds is 9. The number of pyridine rings is 2. The molecule has 1 aliphatic heterocycles. The van der Waals surface area contributed by atoms with E-state index in [1.807, 2.05) is 36.9 Å². The SMILES string of the molecule is CCCc1cc(C)[nH]c(=O)c1CNC(=O)c1cc(-c2ccc(N3CCN(C(C)C)CC3)nc2)cc2c1c(C)nn2C(C)C. The lowest BCUT2D eigenvalue weighted by Crippen LogP contribution is -2.49. The van der Waals surface area contributed by atoms with Crippen molar-refractivity contribution in [2.75, 3.05) is 31.1 Å². The molecule has 1 aromatic carbocycles. The number of hydrogen-bond donors (Lipinski definition) is 2. The normalized spacial score (nSPS) is 14.3. The maximum absolute atomic E-state index is 13.8. The first kappa shape index (κ1) is 30.5. The van der Waals surface area contributed by atoms with Crippen LogP contribution in [0.25, 0.3) is 22.0 Å². The number of carbonyl (C=O) groups excluding carboxylic acids is 1. The molecule has 2 N–H and O–H groups in total. The third-order valence-corrected chi connectivity index (χ3v) is 8.48. The summed E-state index contributed by atoms with van der Waals surface area (Å²) >= 11 is 0. The first-order valence-electron chi connectivity index (χ1n) is 15.6. The van der Waals surface area contributed by atoms with E-state index in [0.29, 0.717) is 17.2 Å². The van der Waals surface area contributed by atoms with Crippen LogP contribution in [0, 0.1) is 13.8 Å². The Labute approximate surface area is 254 Å². The number of fused-ring (bicyclic) bond motifs is 1.